The van der Waals surface area contributed by atoms with Crippen LogP contribution in [0.25, 0.3) is 0 Å². The van der Waals surface area contributed by atoms with Crippen LogP contribution in [0.3, 0.4) is 0 Å². The molecule has 178 valence electrons. The van der Waals surface area contributed by atoms with Gasteiger partial charge in [-0.3, -0.25) is 14.5 Å². The molecule has 2 amide bonds. The summed E-state index contributed by atoms with van der Waals surface area (Å²) < 4.78 is 23.9. The molecule has 8 nitrogen and oxygen atoms in total. The van der Waals surface area contributed by atoms with E-state index in [1.165, 1.54) is 24.3 Å². The molecule has 0 radical (unpaired) electrons. The second-order valence-corrected chi connectivity index (χ2v) is 7.92. The van der Waals surface area contributed by atoms with Crippen molar-refractivity contribution in [3.05, 3.63) is 78.5 Å². The van der Waals surface area contributed by atoms with Crippen molar-refractivity contribution in [2.45, 2.75) is 6.04 Å². The number of piperazine rings is 1. The van der Waals surface area contributed by atoms with Gasteiger partial charge in [0.25, 0.3) is 0 Å². The first kappa shape index (κ1) is 23.3. The molecular weight excluding hydrogens is 439 g/mol. The molecule has 1 aliphatic heterocycles. The predicted octanol–water partition coefficient (Wildman–Crippen LogP) is 3.05. The Morgan fingerprint density at radius 2 is 1.71 bits per heavy atom. The fourth-order valence-electron chi connectivity index (χ4n) is 3.97. The summed E-state index contributed by atoms with van der Waals surface area (Å²) in [4.78, 5) is 29.2. The predicted molar refractivity (Wildman–Crippen MR) is 126 cm³/mol. The lowest BCUT2D eigenvalue weighted by atomic mass is 10.1. The molecule has 0 saturated carbocycles. The van der Waals surface area contributed by atoms with Gasteiger partial charge in [-0.05, 0) is 60.7 Å². The third kappa shape index (κ3) is 5.74. The number of hydrogen-bond acceptors (Lipinski definition) is 6. The minimum atomic E-state index is -0.811. The van der Waals surface area contributed by atoms with Gasteiger partial charge in [-0.2, -0.15) is 0 Å². The van der Waals surface area contributed by atoms with E-state index in [1.54, 1.807) is 19.4 Å². The van der Waals surface area contributed by atoms with Crippen LogP contribution in [0.5, 0.6) is 5.75 Å². The topological polar surface area (TPSA) is 87.0 Å². The van der Waals surface area contributed by atoms with Gasteiger partial charge in [0.15, 0.2) is 0 Å². The maximum absolute atomic E-state index is 13.0. The van der Waals surface area contributed by atoms with E-state index in [-0.39, 0.29) is 12.6 Å². The van der Waals surface area contributed by atoms with Crippen LogP contribution in [0.1, 0.15) is 11.8 Å². The van der Waals surface area contributed by atoms with Crippen molar-refractivity contribution < 1.29 is 23.1 Å². The van der Waals surface area contributed by atoms with E-state index in [9.17, 15) is 14.0 Å². The molecule has 0 aliphatic carbocycles. The SMILES string of the molecule is COc1ccc(N2CCN(C(CNC(=O)C(=O)Nc3ccc(F)cc3)c3ccco3)CC2)cc1. The Hall–Kier alpha value is -3.85. The van der Waals surface area contributed by atoms with Gasteiger partial charge in [-0.15, -0.1) is 0 Å². The molecule has 1 unspecified atom stereocenters. The van der Waals surface area contributed by atoms with E-state index in [1.807, 2.05) is 30.3 Å². The highest BCUT2D eigenvalue weighted by Gasteiger charge is 2.28. The maximum atomic E-state index is 13.0. The van der Waals surface area contributed by atoms with Crippen LogP contribution < -0.4 is 20.3 Å². The van der Waals surface area contributed by atoms with Crippen LogP contribution in [0.4, 0.5) is 15.8 Å². The molecule has 0 bridgehead atoms. The molecule has 9 heteroatoms. The first-order valence-electron chi connectivity index (χ1n) is 11.0. The summed E-state index contributed by atoms with van der Waals surface area (Å²) in [5.41, 5.74) is 1.47. The van der Waals surface area contributed by atoms with Crippen LogP contribution in [-0.4, -0.2) is 56.5 Å². The molecular formula is C25H27FN4O4. The monoisotopic (exact) mass is 466 g/mol. The number of ether oxygens (including phenoxy) is 1. The van der Waals surface area contributed by atoms with Gasteiger partial charge in [0.1, 0.15) is 17.3 Å². The number of amides is 2. The second kappa shape index (κ2) is 10.8. The normalized spacial score (nSPS) is 14.9. The maximum Gasteiger partial charge on any atom is 0.313 e. The smallest absolute Gasteiger partial charge is 0.313 e. The average Bonchev–Trinajstić information content (AvgIpc) is 3.40. The molecule has 1 fully saturated rings. The van der Waals surface area contributed by atoms with E-state index < -0.39 is 17.6 Å². The fourth-order valence-corrected chi connectivity index (χ4v) is 3.97. The van der Waals surface area contributed by atoms with Crippen molar-refractivity contribution in [2.24, 2.45) is 0 Å². The number of nitrogens with one attached hydrogen (secondary N) is 2. The molecule has 34 heavy (non-hydrogen) atoms. The Labute approximate surface area is 197 Å². The molecule has 1 saturated heterocycles. The van der Waals surface area contributed by atoms with Crippen LogP contribution in [0.15, 0.2) is 71.3 Å². The zero-order valence-electron chi connectivity index (χ0n) is 18.9. The molecule has 2 N–H and O–H groups in total. The Balaban J connectivity index is 1.34. The zero-order chi connectivity index (χ0) is 23.9. The molecule has 1 atom stereocenters. The largest absolute Gasteiger partial charge is 0.497 e. The van der Waals surface area contributed by atoms with Crippen LogP contribution >= 0.6 is 0 Å². The number of methoxy groups -OCH3 is 1. The minimum Gasteiger partial charge on any atom is -0.497 e. The minimum absolute atomic E-state index is 0.212. The van der Waals surface area contributed by atoms with Gasteiger partial charge in [0.2, 0.25) is 0 Å². The van der Waals surface area contributed by atoms with Crippen LogP contribution in [-0.2, 0) is 9.59 Å². The Morgan fingerprint density at radius 1 is 1.00 bits per heavy atom. The number of anilines is 2. The van der Waals surface area contributed by atoms with Crippen molar-refractivity contribution in [1.82, 2.24) is 10.2 Å². The standard InChI is InChI=1S/C25H27FN4O4/c1-33-21-10-8-20(9-11-21)29-12-14-30(15-13-29)22(23-3-2-16-34-23)17-27-24(31)25(32)28-19-6-4-18(26)5-7-19/h2-11,16,22H,12-15,17H2,1H3,(H,27,31)(H,28,32). The third-order valence-corrected chi connectivity index (χ3v) is 5.83. The lowest BCUT2D eigenvalue weighted by Gasteiger charge is -2.39. The van der Waals surface area contributed by atoms with E-state index in [2.05, 4.69) is 20.4 Å². The number of halogens is 1. The molecule has 3 aromatic rings. The molecule has 2 aromatic carbocycles. The molecule has 0 spiro atoms. The Bertz CT molecular complexity index is 1080. The van der Waals surface area contributed by atoms with Gasteiger partial charge in [-0.1, -0.05) is 0 Å². The number of furan rings is 1. The van der Waals surface area contributed by atoms with E-state index in [0.717, 1.165) is 43.4 Å². The third-order valence-electron chi connectivity index (χ3n) is 5.83. The van der Waals surface area contributed by atoms with Crippen LogP contribution in [0, 0.1) is 5.82 Å². The lowest BCUT2D eigenvalue weighted by molar-refractivity contribution is -0.136. The van der Waals surface area contributed by atoms with Gasteiger partial charge in [-0.25, -0.2) is 4.39 Å². The number of hydrogen-bond donors (Lipinski definition) is 2. The quantitative estimate of drug-likeness (QED) is 0.521. The van der Waals surface area contributed by atoms with Crippen LogP contribution in [0.2, 0.25) is 0 Å². The molecule has 1 aliphatic rings. The number of nitrogens with zero attached hydrogens (tertiary/aromatic N) is 2. The van der Waals surface area contributed by atoms with Crippen molar-refractivity contribution in [3.8, 4) is 5.75 Å². The molecule has 2 heterocycles. The fraction of sp³-hybridized carbons (Fsp3) is 0.280. The highest BCUT2D eigenvalue weighted by atomic mass is 19.1. The summed E-state index contributed by atoms with van der Waals surface area (Å²) in [6, 6.07) is 16.7. The van der Waals surface area contributed by atoms with Crippen molar-refractivity contribution in [2.75, 3.05) is 50.1 Å². The van der Waals surface area contributed by atoms with E-state index >= 15 is 0 Å². The summed E-state index contributed by atoms with van der Waals surface area (Å²) in [5, 5.41) is 5.17. The number of carbonyl (C=O) groups excluding carboxylic acids is 2. The first-order chi connectivity index (χ1) is 16.5. The van der Waals surface area contributed by atoms with Gasteiger partial charge >= 0.3 is 11.8 Å². The number of carbonyl (C=O) groups is 2. The van der Waals surface area contributed by atoms with Gasteiger partial charge in [0, 0.05) is 44.1 Å². The highest BCUT2D eigenvalue weighted by Crippen LogP contribution is 2.25. The van der Waals surface area contributed by atoms with Crippen molar-refractivity contribution in [1.29, 1.82) is 0 Å². The summed E-state index contributed by atoms with van der Waals surface area (Å²) in [5.74, 6) is -0.459. The second-order valence-electron chi connectivity index (χ2n) is 7.92. The zero-order valence-corrected chi connectivity index (χ0v) is 18.9. The highest BCUT2D eigenvalue weighted by molar-refractivity contribution is 6.39. The van der Waals surface area contributed by atoms with E-state index in [4.69, 9.17) is 9.15 Å². The van der Waals surface area contributed by atoms with E-state index in [0.29, 0.717) is 5.69 Å². The molecule has 4 rings (SSSR count). The Kier molecular flexibility index (Phi) is 7.44. The number of benzene rings is 2. The first-order valence-corrected chi connectivity index (χ1v) is 11.0. The summed E-state index contributed by atoms with van der Waals surface area (Å²) >= 11 is 0. The summed E-state index contributed by atoms with van der Waals surface area (Å²) in [6.45, 7) is 3.35. The number of rotatable bonds is 7. The van der Waals surface area contributed by atoms with Crippen molar-refractivity contribution >= 4 is 23.2 Å². The summed E-state index contributed by atoms with van der Waals surface area (Å²) in [7, 11) is 1.65. The Morgan fingerprint density at radius 3 is 2.32 bits per heavy atom. The van der Waals surface area contributed by atoms with Crippen molar-refractivity contribution in [3.63, 3.8) is 0 Å². The summed E-state index contributed by atoms with van der Waals surface area (Å²) in [6.07, 6.45) is 1.60. The average molecular weight is 467 g/mol. The lowest BCUT2D eigenvalue weighted by Crippen LogP contribution is -2.50. The van der Waals surface area contributed by atoms with Gasteiger partial charge < -0.3 is 24.7 Å². The molecule has 1 aromatic heterocycles. The van der Waals surface area contributed by atoms with Gasteiger partial charge in [0.05, 0.1) is 19.4 Å².